The summed E-state index contributed by atoms with van der Waals surface area (Å²) in [7, 11) is 1.56. The molecule has 2 aliphatic heterocycles. The fourth-order valence-electron chi connectivity index (χ4n) is 7.23. The molecule has 15 heteroatoms. The standard InChI is InChI=1S/C39H44FN9O5/c1-4-34(51)44-32-18-26(19-42-37(32)49-14-13-48(20-23(49)2)27-10-15-54-16-11-27)43-36-39(53)47(3)21-33(45-36)28-9-12-41-35(30(28)22-50)46-38(52)29-8-7-25(17-31(29)40)24-5-6-24/h4,7-9,12,17-19,21,23-24,27,50H,1,5-6,10-11,13-16,20,22H2,2-3H3,(H,43,45)(H,44,51)(H,41,46,52)/t23-/m0/s1. The van der Waals surface area contributed by atoms with Crippen LogP contribution in [0.25, 0.3) is 11.3 Å². The van der Waals surface area contributed by atoms with Gasteiger partial charge in [0, 0.05) is 75.5 Å². The van der Waals surface area contributed by atoms with E-state index >= 15 is 0 Å². The van der Waals surface area contributed by atoms with Crippen molar-refractivity contribution >= 4 is 40.6 Å². The molecule has 7 rings (SSSR count). The van der Waals surface area contributed by atoms with Gasteiger partial charge in [0.15, 0.2) is 11.6 Å². The number of nitrogens with zero attached hydrogens (tertiary/aromatic N) is 6. The van der Waals surface area contributed by atoms with Crippen molar-refractivity contribution in [3.05, 3.63) is 94.4 Å². The third kappa shape index (κ3) is 7.88. The fourth-order valence-corrected chi connectivity index (χ4v) is 7.23. The van der Waals surface area contributed by atoms with Gasteiger partial charge >= 0.3 is 0 Å². The molecule has 1 aliphatic carbocycles. The van der Waals surface area contributed by atoms with Crippen molar-refractivity contribution in [1.29, 1.82) is 0 Å². The van der Waals surface area contributed by atoms with Gasteiger partial charge in [-0.15, -0.1) is 0 Å². The van der Waals surface area contributed by atoms with Crippen LogP contribution in [0.4, 0.5) is 33.2 Å². The van der Waals surface area contributed by atoms with Crippen LogP contribution in [0.3, 0.4) is 0 Å². The summed E-state index contributed by atoms with van der Waals surface area (Å²) in [6.07, 6.45) is 9.73. The predicted molar refractivity (Wildman–Crippen MR) is 204 cm³/mol. The Kier molecular flexibility index (Phi) is 10.8. The average molecular weight is 738 g/mol. The number of pyridine rings is 2. The highest BCUT2D eigenvalue weighted by Crippen LogP contribution is 2.40. The predicted octanol–water partition coefficient (Wildman–Crippen LogP) is 4.56. The number of hydrogen-bond acceptors (Lipinski definition) is 11. The van der Waals surface area contributed by atoms with Crippen LogP contribution in [-0.4, -0.2) is 86.3 Å². The number of halogens is 1. The Morgan fingerprint density at radius 3 is 2.57 bits per heavy atom. The maximum Gasteiger partial charge on any atom is 0.293 e. The van der Waals surface area contributed by atoms with E-state index in [1.165, 1.54) is 35.2 Å². The summed E-state index contributed by atoms with van der Waals surface area (Å²) in [4.78, 5) is 57.4. The average Bonchev–Trinajstić information content (AvgIpc) is 4.03. The fraction of sp³-hybridized carbons (Fsp3) is 0.385. The van der Waals surface area contributed by atoms with Gasteiger partial charge in [-0.25, -0.2) is 19.3 Å². The molecule has 54 heavy (non-hydrogen) atoms. The third-order valence-corrected chi connectivity index (χ3v) is 10.3. The van der Waals surface area contributed by atoms with Crippen LogP contribution in [0.15, 0.2) is 66.4 Å². The van der Waals surface area contributed by atoms with E-state index in [2.05, 4.69) is 49.2 Å². The van der Waals surface area contributed by atoms with Crippen LogP contribution in [-0.2, 0) is 23.2 Å². The number of piperazine rings is 1. The third-order valence-electron chi connectivity index (χ3n) is 10.3. The van der Waals surface area contributed by atoms with Crippen LogP contribution in [0, 0.1) is 5.82 Å². The van der Waals surface area contributed by atoms with E-state index < -0.39 is 29.8 Å². The minimum absolute atomic E-state index is 0.0287. The second-order valence-electron chi connectivity index (χ2n) is 14.0. The van der Waals surface area contributed by atoms with Gasteiger partial charge in [-0.2, -0.15) is 0 Å². The first kappa shape index (κ1) is 36.8. The first-order valence-electron chi connectivity index (χ1n) is 18.2. The Balaban J connectivity index is 1.14. The number of carbonyl (C=O) groups is 2. The second-order valence-corrected chi connectivity index (χ2v) is 14.0. The number of anilines is 5. The van der Waals surface area contributed by atoms with E-state index in [4.69, 9.17) is 9.72 Å². The highest BCUT2D eigenvalue weighted by atomic mass is 19.1. The lowest BCUT2D eigenvalue weighted by Crippen LogP contribution is -2.56. The molecule has 0 unspecified atom stereocenters. The van der Waals surface area contributed by atoms with E-state index in [9.17, 15) is 23.9 Å². The molecule has 0 bridgehead atoms. The van der Waals surface area contributed by atoms with Crippen molar-refractivity contribution in [3.63, 3.8) is 0 Å². The first-order chi connectivity index (χ1) is 26.1. The van der Waals surface area contributed by atoms with Gasteiger partial charge in [-0.05, 0) is 74.4 Å². The minimum Gasteiger partial charge on any atom is -0.392 e. The Bertz CT molecular complexity index is 2130. The summed E-state index contributed by atoms with van der Waals surface area (Å²) in [5, 5.41) is 19.0. The summed E-state index contributed by atoms with van der Waals surface area (Å²) < 4.78 is 21.8. The van der Waals surface area contributed by atoms with Crippen molar-refractivity contribution in [2.45, 2.75) is 57.2 Å². The lowest BCUT2D eigenvalue weighted by Gasteiger charge is -2.45. The van der Waals surface area contributed by atoms with Gasteiger partial charge in [0.2, 0.25) is 5.91 Å². The Morgan fingerprint density at radius 1 is 1.07 bits per heavy atom. The zero-order valence-electron chi connectivity index (χ0n) is 30.3. The number of aliphatic hydroxyl groups excluding tert-OH is 1. The Hall–Kier alpha value is -5.51. The molecular weight excluding hydrogens is 693 g/mol. The topological polar surface area (TPSA) is 167 Å². The zero-order valence-corrected chi connectivity index (χ0v) is 30.3. The van der Waals surface area contributed by atoms with Crippen LogP contribution in [0.5, 0.6) is 0 Å². The largest absolute Gasteiger partial charge is 0.392 e. The molecule has 1 saturated carbocycles. The highest BCUT2D eigenvalue weighted by molar-refractivity contribution is 6.04. The van der Waals surface area contributed by atoms with Crippen LogP contribution < -0.4 is 26.4 Å². The monoisotopic (exact) mass is 737 g/mol. The number of aliphatic hydroxyl groups is 1. The summed E-state index contributed by atoms with van der Waals surface area (Å²) >= 11 is 0. The van der Waals surface area contributed by atoms with Gasteiger partial charge in [-0.1, -0.05) is 12.6 Å². The molecule has 282 valence electrons. The highest BCUT2D eigenvalue weighted by Gasteiger charge is 2.32. The van der Waals surface area contributed by atoms with Gasteiger partial charge in [-0.3, -0.25) is 19.3 Å². The quantitative estimate of drug-likeness (QED) is 0.160. The number of aromatic nitrogens is 4. The molecule has 2 saturated heterocycles. The molecule has 1 atom stereocenters. The lowest BCUT2D eigenvalue weighted by atomic mass is 10.0. The molecule has 14 nitrogen and oxygen atoms in total. The second kappa shape index (κ2) is 15.8. The summed E-state index contributed by atoms with van der Waals surface area (Å²) in [5.41, 5.74) is 2.03. The zero-order chi connectivity index (χ0) is 37.9. The SMILES string of the molecule is C=CC(=O)Nc1cc(Nc2nc(-c3ccnc(NC(=O)c4ccc(C5CC5)cc4F)c3CO)cn(C)c2=O)cnc1N1CCN(C2CCOCC2)C[C@@H]1C. The number of aryl methyl sites for hydroxylation is 1. The van der Waals surface area contributed by atoms with Gasteiger partial charge in [0.1, 0.15) is 11.6 Å². The number of rotatable bonds is 11. The number of benzene rings is 1. The molecule has 3 aromatic heterocycles. The summed E-state index contributed by atoms with van der Waals surface area (Å²) in [6, 6.07) is 8.50. The van der Waals surface area contributed by atoms with Crippen molar-refractivity contribution in [2.75, 3.05) is 53.7 Å². The number of ether oxygens (including phenoxy) is 1. The number of carbonyl (C=O) groups excluding carboxylic acids is 2. The molecule has 1 aromatic carbocycles. The van der Waals surface area contributed by atoms with E-state index in [1.54, 1.807) is 31.4 Å². The summed E-state index contributed by atoms with van der Waals surface area (Å²) in [6.45, 7) is 9.15. The molecule has 4 aromatic rings. The molecule has 5 heterocycles. The van der Waals surface area contributed by atoms with Crippen molar-refractivity contribution in [1.82, 2.24) is 24.4 Å². The van der Waals surface area contributed by atoms with Crippen molar-refractivity contribution in [2.24, 2.45) is 7.05 Å². The Labute approximate surface area is 312 Å². The Morgan fingerprint density at radius 2 is 1.87 bits per heavy atom. The number of amides is 2. The number of nitrogens with one attached hydrogen (secondary N) is 3. The summed E-state index contributed by atoms with van der Waals surface area (Å²) in [5.74, 6) is -0.841. The number of hydrogen-bond donors (Lipinski definition) is 4. The van der Waals surface area contributed by atoms with Crippen LogP contribution in [0.1, 0.15) is 60.0 Å². The first-order valence-corrected chi connectivity index (χ1v) is 18.2. The molecule has 3 aliphatic rings. The molecule has 2 amide bonds. The van der Waals surface area contributed by atoms with E-state index in [0.717, 1.165) is 57.6 Å². The van der Waals surface area contributed by atoms with Gasteiger partial charge in [0.05, 0.1) is 35.4 Å². The smallest absolute Gasteiger partial charge is 0.293 e. The molecule has 0 radical (unpaired) electrons. The van der Waals surface area contributed by atoms with Crippen LogP contribution >= 0.6 is 0 Å². The maximum atomic E-state index is 14.9. The normalized spacial score (nSPS) is 17.9. The molecule has 0 spiro atoms. The van der Waals surface area contributed by atoms with Crippen LogP contribution in [0.2, 0.25) is 0 Å². The maximum absolute atomic E-state index is 14.9. The van der Waals surface area contributed by atoms with Gasteiger partial charge in [0.25, 0.3) is 11.5 Å². The van der Waals surface area contributed by atoms with Gasteiger partial charge < -0.3 is 35.3 Å². The van der Waals surface area contributed by atoms with E-state index in [0.29, 0.717) is 47.0 Å². The van der Waals surface area contributed by atoms with Crippen molar-refractivity contribution in [3.8, 4) is 11.3 Å². The van der Waals surface area contributed by atoms with Crippen molar-refractivity contribution < 1.29 is 23.8 Å². The lowest BCUT2D eigenvalue weighted by molar-refractivity contribution is -0.111. The van der Waals surface area contributed by atoms with E-state index in [-0.39, 0.29) is 28.8 Å². The van der Waals surface area contributed by atoms with E-state index in [1.807, 2.05) is 0 Å². The minimum atomic E-state index is -0.712. The molecular formula is C39H44FN9O5. The molecule has 4 N–H and O–H groups in total. The molecule has 3 fully saturated rings.